The van der Waals surface area contributed by atoms with Crippen molar-refractivity contribution in [1.82, 2.24) is 0 Å². The first kappa shape index (κ1) is 19.8. The molecule has 0 radical (unpaired) electrons. The highest BCUT2D eigenvalue weighted by atomic mass is 79.9. The molecule has 0 spiro atoms. The normalized spacial score (nSPS) is 10.7. The first-order chi connectivity index (χ1) is 11.8. The molecule has 0 aliphatic rings. The molecule has 0 saturated carbocycles. The van der Waals surface area contributed by atoms with Crippen molar-refractivity contribution in [3.63, 3.8) is 0 Å². The van der Waals surface area contributed by atoms with E-state index in [0.717, 1.165) is 31.6 Å². The summed E-state index contributed by atoms with van der Waals surface area (Å²) in [5.41, 5.74) is 1.94. The number of hydrogen-bond donors (Lipinski definition) is 0. The van der Waals surface area contributed by atoms with Gasteiger partial charge in [0.1, 0.15) is 18.1 Å². The number of carbonyl (C=O) groups excluding carboxylic acids is 1. The fourth-order valence-electron chi connectivity index (χ4n) is 2.32. The molecule has 0 bridgehead atoms. The van der Waals surface area contributed by atoms with Crippen LogP contribution in [0.15, 0.2) is 39.3 Å². The van der Waals surface area contributed by atoms with E-state index in [4.69, 9.17) is 14.2 Å². The Kier molecular flexibility index (Phi) is 6.90. The molecular weight excluding hydrogens is 452 g/mol. The Morgan fingerprint density at radius 1 is 1.12 bits per heavy atom. The van der Waals surface area contributed by atoms with E-state index in [1.807, 2.05) is 30.3 Å². The van der Waals surface area contributed by atoms with Gasteiger partial charge in [0.25, 0.3) is 0 Å². The van der Waals surface area contributed by atoms with E-state index in [0.29, 0.717) is 11.7 Å². The summed E-state index contributed by atoms with van der Waals surface area (Å²) in [5, 5.41) is 0. The number of ether oxygens (including phenoxy) is 3. The molecule has 0 fully saturated rings. The van der Waals surface area contributed by atoms with Gasteiger partial charge >= 0.3 is 5.97 Å². The van der Waals surface area contributed by atoms with E-state index >= 15 is 0 Å². The topological polar surface area (TPSA) is 44.8 Å². The molecule has 2 aromatic carbocycles. The van der Waals surface area contributed by atoms with Gasteiger partial charge in [-0.25, -0.2) is 0 Å². The third-order valence-electron chi connectivity index (χ3n) is 3.54. The lowest BCUT2D eigenvalue weighted by Gasteiger charge is -2.16. The molecule has 2 rings (SSSR count). The monoisotopic (exact) mass is 470 g/mol. The third-order valence-corrected chi connectivity index (χ3v) is 4.72. The maximum Gasteiger partial charge on any atom is 0.302 e. The van der Waals surface area contributed by atoms with Crippen LogP contribution in [0.5, 0.6) is 17.2 Å². The highest BCUT2D eigenvalue weighted by Gasteiger charge is 2.14. The Morgan fingerprint density at radius 2 is 1.76 bits per heavy atom. The van der Waals surface area contributed by atoms with Crippen LogP contribution in [-0.4, -0.2) is 13.1 Å². The van der Waals surface area contributed by atoms with Crippen LogP contribution < -0.4 is 9.47 Å². The van der Waals surface area contributed by atoms with E-state index in [1.165, 1.54) is 6.92 Å². The van der Waals surface area contributed by atoms with E-state index in [2.05, 4.69) is 45.7 Å². The molecule has 0 atom stereocenters. The standard InChI is InChI=1S/C19H20Br2O4/c1-11(2)15-9-14(5-6-18(15)23-4)25-19-16(20)7-13(8-17(19)21)10-24-12(3)22/h5-9,11H,10H2,1-4H3. The van der Waals surface area contributed by atoms with Gasteiger partial charge < -0.3 is 14.2 Å². The molecule has 2 aromatic rings. The van der Waals surface area contributed by atoms with Crippen LogP contribution in [0.2, 0.25) is 0 Å². The van der Waals surface area contributed by atoms with E-state index < -0.39 is 0 Å². The average molecular weight is 472 g/mol. The lowest BCUT2D eigenvalue weighted by Crippen LogP contribution is -1.99. The quantitative estimate of drug-likeness (QED) is 0.470. The zero-order valence-electron chi connectivity index (χ0n) is 14.6. The summed E-state index contributed by atoms with van der Waals surface area (Å²) in [4.78, 5) is 11.0. The van der Waals surface area contributed by atoms with Crippen molar-refractivity contribution in [2.75, 3.05) is 7.11 Å². The Morgan fingerprint density at radius 3 is 2.28 bits per heavy atom. The van der Waals surface area contributed by atoms with Crippen molar-refractivity contribution in [2.24, 2.45) is 0 Å². The van der Waals surface area contributed by atoms with E-state index in [1.54, 1.807) is 7.11 Å². The second-order valence-corrected chi connectivity index (χ2v) is 7.54. The number of halogens is 2. The Bertz CT molecular complexity index is 749. The van der Waals surface area contributed by atoms with Gasteiger partial charge in [-0.05, 0) is 73.7 Å². The number of carbonyl (C=O) groups is 1. The molecule has 0 aromatic heterocycles. The van der Waals surface area contributed by atoms with Gasteiger partial charge in [0.15, 0.2) is 5.75 Å². The first-order valence-corrected chi connectivity index (χ1v) is 9.37. The average Bonchev–Trinajstić information content (AvgIpc) is 2.56. The van der Waals surface area contributed by atoms with Crippen LogP contribution in [0.4, 0.5) is 0 Å². The maximum absolute atomic E-state index is 11.0. The molecule has 0 N–H and O–H groups in total. The van der Waals surface area contributed by atoms with Crippen molar-refractivity contribution < 1.29 is 19.0 Å². The summed E-state index contributed by atoms with van der Waals surface area (Å²) < 4.78 is 18.0. The van der Waals surface area contributed by atoms with Crippen LogP contribution >= 0.6 is 31.9 Å². The van der Waals surface area contributed by atoms with E-state index in [-0.39, 0.29) is 12.6 Å². The Balaban J connectivity index is 2.28. The number of methoxy groups -OCH3 is 1. The largest absolute Gasteiger partial charge is 0.496 e. The van der Waals surface area contributed by atoms with Gasteiger partial charge in [-0.15, -0.1) is 0 Å². The van der Waals surface area contributed by atoms with Gasteiger partial charge in [0, 0.05) is 12.5 Å². The number of benzene rings is 2. The van der Waals surface area contributed by atoms with Crippen LogP contribution in [0.1, 0.15) is 37.8 Å². The number of hydrogen-bond acceptors (Lipinski definition) is 4. The molecule has 0 aliphatic carbocycles. The minimum atomic E-state index is -0.313. The second-order valence-electron chi connectivity index (χ2n) is 5.83. The van der Waals surface area contributed by atoms with Crippen molar-refractivity contribution in [3.8, 4) is 17.2 Å². The molecule has 6 heteroatoms. The highest BCUT2D eigenvalue weighted by molar-refractivity contribution is 9.11. The predicted octanol–water partition coefficient (Wildman–Crippen LogP) is 6.20. The minimum Gasteiger partial charge on any atom is -0.496 e. The summed E-state index contributed by atoms with van der Waals surface area (Å²) in [7, 11) is 1.66. The molecule has 0 saturated heterocycles. The molecule has 0 unspecified atom stereocenters. The Hall–Kier alpha value is -1.53. The SMILES string of the molecule is COc1ccc(Oc2c(Br)cc(COC(C)=O)cc2Br)cc1C(C)C. The zero-order valence-corrected chi connectivity index (χ0v) is 17.7. The van der Waals surface area contributed by atoms with Crippen LogP contribution in [0.3, 0.4) is 0 Å². The summed E-state index contributed by atoms with van der Waals surface area (Å²) in [6.07, 6.45) is 0. The molecule has 0 heterocycles. The van der Waals surface area contributed by atoms with Crippen molar-refractivity contribution in [1.29, 1.82) is 0 Å². The lowest BCUT2D eigenvalue weighted by molar-refractivity contribution is -0.142. The van der Waals surface area contributed by atoms with Gasteiger partial charge in [0.2, 0.25) is 0 Å². The third kappa shape index (κ3) is 5.22. The molecule has 4 nitrogen and oxygen atoms in total. The van der Waals surface area contributed by atoms with Crippen LogP contribution in [0.25, 0.3) is 0 Å². The number of esters is 1. The molecule has 134 valence electrons. The zero-order chi connectivity index (χ0) is 18.6. The van der Waals surface area contributed by atoms with Gasteiger partial charge in [-0.2, -0.15) is 0 Å². The van der Waals surface area contributed by atoms with Crippen molar-refractivity contribution >= 4 is 37.8 Å². The summed E-state index contributed by atoms with van der Waals surface area (Å²) >= 11 is 7.04. The van der Waals surface area contributed by atoms with Gasteiger partial charge in [-0.1, -0.05) is 13.8 Å². The first-order valence-electron chi connectivity index (χ1n) is 7.79. The fraction of sp³-hybridized carbons (Fsp3) is 0.316. The highest BCUT2D eigenvalue weighted by Crippen LogP contribution is 2.39. The fourth-order valence-corrected chi connectivity index (χ4v) is 3.77. The Labute approximate surface area is 164 Å². The lowest BCUT2D eigenvalue weighted by atomic mass is 10.0. The maximum atomic E-state index is 11.0. The summed E-state index contributed by atoms with van der Waals surface area (Å²) in [6.45, 7) is 5.82. The van der Waals surface area contributed by atoms with Crippen LogP contribution in [-0.2, 0) is 16.1 Å². The van der Waals surface area contributed by atoms with Crippen molar-refractivity contribution in [3.05, 3.63) is 50.4 Å². The van der Waals surface area contributed by atoms with Crippen molar-refractivity contribution in [2.45, 2.75) is 33.3 Å². The molecule has 0 amide bonds. The van der Waals surface area contributed by atoms with Crippen LogP contribution in [0, 0.1) is 0 Å². The van der Waals surface area contributed by atoms with Gasteiger partial charge in [-0.3, -0.25) is 4.79 Å². The minimum absolute atomic E-state index is 0.215. The molecular formula is C19H20Br2O4. The molecule has 0 aliphatic heterocycles. The van der Waals surface area contributed by atoms with E-state index in [9.17, 15) is 4.79 Å². The predicted molar refractivity (Wildman–Crippen MR) is 104 cm³/mol. The smallest absolute Gasteiger partial charge is 0.302 e. The summed E-state index contributed by atoms with van der Waals surface area (Å²) in [6, 6.07) is 9.50. The second kappa shape index (κ2) is 8.72. The molecule has 25 heavy (non-hydrogen) atoms. The summed E-state index contributed by atoms with van der Waals surface area (Å²) in [5.74, 6) is 2.23. The number of rotatable bonds is 6. The van der Waals surface area contributed by atoms with Gasteiger partial charge in [0.05, 0.1) is 16.1 Å².